The third-order valence-corrected chi connectivity index (χ3v) is 0.387. The molecule has 0 fully saturated rings. The zero-order chi connectivity index (χ0) is 3.41. The van der Waals surface area contributed by atoms with Crippen LogP contribution in [0.3, 0.4) is 0 Å². The van der Waals surface area contributed by atoms with E-state index in [1.807, 2.05) is 0 Å². The third-order valence-electron chi connectivity index (χ3n) is 0.129. The van der Waals surface area contributed by atoms with Gasteiger partial charge in [-0.3, -0.25) is 0 Å². The summed E-state index contributed by atoms with van der Waals surface area (Å²) < 4.78 is 0. The van der Waals surface area contributed by atoms with Gasteiger partial charge < -0.3 is 5.73 Å². The molecule has 0 saturated carbocycles. The number of nitrogens with two attached hydrogens (primary N) is 1. The summed E-state index contributed by atoms with van der Waals surface area (Å²) in [5, 5.41) is 0. The van der Waals surface area contributed by atoms with Crippen LogP contribution in [-0.4, -0.2) is 36.2 Å². The molecule has 2 N–H and O–H groups in total. The average molecular weight is 196 g/mol. The maximum Gasteiger partial charge on any atom is 0.00255 e. The van der Waals surface area contributed by atoms with E-state index in [1.54, 1.807) is 0 Å². The van der Waals surface area contributed by atoms with E-state index < -0.39 is 0 Å². The Labute approximate surface area is 54.7 Å². The number of rotatable bonds is 1. The molecule has 0 rings (SSSR count). The fraction of sp³-hybridized carbons (Fsp3) is 1.00. The predicted molar refractivity (Wildman–Crippen MR) is 28.7 cm³/mol. The minimum Gasteiger partial charge on any atom is -0.330 e. The standard InChI is InChI=1S/C2H7NS.Sn/c3-1-2-4;/h4H,1-3H2;. The summed E-state index contributed by atoms with van der Waals surface area (Å²) in [5.41, 5.74) is 4.95. The quantitative estimate of drug-likeness (QED) is 0.428. The van der Waals surface area contributed by atoms with Crippen LogP contribution in [0.25, 0.3) is 0 Å². The molecule has 3 heteroatoms. The van der Waals surface area contributed by atoms with Crippen LogP contribution < -0.4 is 5.73 Å². The number of hydrogen-bond donors (Lipinski definition) is 2. The molecular formula is C2H7NSSn. The maximum absolute atomic E-state index is 4.95. The Balaban J connectivity index is 0. The zero-order valence-electron chi connectivity index (χ0n) is 2.94. The molecule has 0 aromatic carbocycles. The minimum absolute atomic E-state index is 0. The van der Waals surface area contributed by atoms with Crippen LogP contribution in [0, 0.1) is 0 Å². The second-order valence-corrected chi connectivity index (χ2v) is 0.959. The summed E-state index contributed by atoms with van der Waals surface area (Å²) in [6.07, 6.45) is 0. The largest absolute Gasteiger partial charge is 0.330 e. The van der Waals surface area contributed by atoms with Crippen molar-refractivity contribution in [3.05, 3.63) is 0 Å². The van der Waals surface area contributed by atoms with Crippen LogP contribution in [0.1, 0.15) is 0 Å². The topological polar surface area (TPSA) is 26.0 Å². The summed E-state index contributed by atoms with van der Waals surface area (Å²) in [6.45, 7) is 0.684. The van der Waals surface area contributed by atoms with Crippen molar-refractivity contribution in [2.24, 2.45) is 5.73 Å². The molecule has 0 saturated heterocycles. The molecular weight excluding hydrogens is 189 g/mol. The normalized spacial score (nSPS) is 6.00. The first-order valence-corrected chi connectivity index (χ1v) is 1.86. The molecule has 30 valence electrons. The van der Waals surface area contributed by atoms with Gasteiger partial charge in [-0.05, 0) is 0 Å². The van der Waals surface area contributed by atoms with Gasteiger partial charge in [-0.15, -0.1) is 0 Å². The van der Waals surface area contributed by atoms with Gasteiger partial charge in [0.2, 0.25) is 0 Å². The van der Waals surface area contributed by atoms with E-state index in [0.29, 0.717) is 6.54 Å². The smallest absolute Gasteiger partial charge is 0.00255 e. The SMILES string of the molecule is NCCS.[Sn]. The maximum atomic E-state index is 4.95. The van der Waals surface area contributed by atoms with E-state index in [0.717, 1.165) is 5.75 Å². The molecule has 0 aliphatic carbocycles. The van der Waals surface area contributed by atoms with E-state index in [4.69, 9.17) is 5.73 Å². The molecule has 1 nitrogen and oxygen atoms in total. The van der Waals surface area contributed by atoms with E-state index in [9.17, 15) is 0 Å². The second-order valence-electron chi connectivity index (χ2n) is 0.512. The molecule has 0 bridgehead atoms. The first-order chi connectivity index (χ1) is 1.91. The van der Waals surface area contributed by atoms with Gasteiger partial charge in [0, 0.05) is 36.2 Å². The predicted octanol–water partition coefficient (Wildman–Crippen LogP) is -0.506. The van der Waals surface area contributed by atoms with Crippen molar-refractivity contribution in [1.29, 1.82) is 0 Å². The van der Waals surface area contributed by atoms with E-state index in [-0.39, 0.29) is 23.9 Å². The Morgan fingerprint density at radius 3 is 1.80 bits per heavy atom. The van der Waals surface area contributed by atoms with Crippen molar-refractivity contribution in [3.8, 4) is 0 Å². The number of thiol groups is 1. The van der Waals surface area contributed by atoms with E-state index in [2.05, 4.69) is 12.6 Å². The molecule has 5 heavy (non-hydrogen) atoms. The Kier molecular flexibility index (Phi) is 16.9. The Morgan fingerprint density at radius 1 is 1.60 bits per heavy atom. The Bertz CT molecular complexity index is 11.6. The first kappa shape index (κ1) is 9.44. The van der Waals surface area contributed by atoms with Crippen molar-refractivity contribution in [2.45, 2.75) is 0 Å². The van der Waals surface area contributed by atoms with Gasteiger partial charge in [-0.25, -0.2) is 0 Å². The third kappa shape index (κ3) is 11.1. The van der Waals surface area contributed by atoms with Crippen LogP contribution >= 0.6 is 12.6 Å². The summed E-state index contributed by atoms with van der Waals surface area (Å²) >= 11 is 3.80. The van der Waals surface area contributed by atoms with Gasteiger partial charge in [0.25, 0.3) is 0 Å². The van der Waals surface area contributed by atoms with Gasteiger partial charge in [0.05, 0.1) is 0 Å². The van der Waals surface area contributed by atoms with Crippen LogP contribution in [0.15, 0.2) is 0 Å². The molecule has 4 radical (unpaired) electrons. The molecule has 0 aliphatic heterocycles. The van der Waals surface area contributed by atoms with Crippen molar-refractivity contribution in [2.75, 3.05) is 12.3 Å². The molecule has 0 aliphatic rings. The molecule has 0 heterocycles. The zero-order valence-corrected chi connectivity index (χ0v) is 6.69. The van der Waals surface area contributed by atoms with E-state index >= 15 is 0 Å². The molecule has 0 aromatic rings. The summed E-state index contributed by atoms with van der Waals surface area (Å²) in [7, 11) is 0. The minimum atomic E-state index is 0. The van der Waals surface area contributed by atoms with Crippen LogP contribution in [-0.2, 0) is 0 Å². The molecule has 0 atom stereocenters. The fourth-order valence-electron chi connectivity index (χ4n) is 0. The van der Waals surface area contributed by atoms with Crippen LogP contribution in [0.4, 0.5) is 0 Å². The van der Waals surface area contributed by atoms with Crippen molar-refractivity contribution < 1.29 is 0 Å². The van der Waals surface area contributed by atoms with Crippen LogP contribution in [0.2, 0.25) is 0 Å². The van der Waals surface area contributed by atoms with Crippen LogP contribution in [0.5, 0.6) is 0 Å². The summed E-state index contributed by atoms with van der Waals surface area (Å²) in [4.78, 5) is 0. The monoisotopic (exact) mass is 197 g/mol. The molecule has 0 unspecified atom stereocenters. The molecule has 0 aromatic heterocycles. The second kappa shape index (κ2) is 8.92. The van der Waals surface area contributed by atoms with E-state index in [1.165, 1.54) is 0 Å². The molecule has 0 spiro atoms. The average Bonchev–Trinajstić information content (AvgIpc) is 1.37. The summed E-state index contributed by atoms with van der Waals surface area (Å²) in [5.74, 6) is 0.792. The van der Waals surface area contributed by atoms with Crippen molar-refractivity contribution >= 4 is 36.5 Å². The number of hydrogen-bond acceptors (Lipinski definition) is 2. The van der Waals surface area contributed by atoms with Gasteiger partial charge in [0.15, 0.2) is 0 Å². The van der Waals surface area contributed by atoms with Crippen molar-refractivity contribution in [1.82, 2.24) is 0 Å². The Morgan fingerprint density at radius 2 is 1.80 bits per heavy atom. The summed E-state index contributed by atoms with van der Waals surface area (Å²) in [6, 6.07) is 0. The van der Waals surface area contributed by atoms with Gasteiger partial charge in [0.1, 0.15) is 0 Å². The van der Waals surface area contributed by atoms with Gasteiger partial charge >= 0.3 is 0 Å². The molecule has 0 amide bonds. The first-order valence-electron chi connectivity index (χ1n) is 1.22. The van der Waals surface area contributed by atoms with Crippen molar-refractivity contribution in [3.63, 3.8) is 0 Å². The fourth-order valence-corrected chi connectivity index (χ4v) is 0. The van der Waals surface area contributed by atoms with Gasteiger partial charge in [-0.1, -0.05) is 0 Å². The Hall–Kier alpha value is 1.11. The van der Waals surface area contributed by atoms with Gasteiger partial charge in [-0.2, -0.15) is 12.6 Å².